The lowest BCUT2D eigenvalue weighted by molar-refractivity contribution is 0.0215. The molecule has 2 heterocycles. The second-order valence-electron chi connectivity index (χ2n) is 7.30. The van der Waals surface area contributed by atoms with Gasteiger partial charge in [0.25, 0.3) is 0 Å². The first-order chi connectivity index (χ1) is 15.4. The minimum absolute atomic E-state index is 0.340. The van der Waals surface area contributed by atoms with Crippen molar-refractivity contribution in [3.8, 4) is 0 Å². The van der Waals surface area contributed by atoms with Gasteiger partial charge in [-0.15, -0.1) is 5.10 Å². The zero-order chi connectivity index (χ0) is 23.1. The van der Waals surface area contributed by atoms with Gasteiger partial charge in [0, 0.05) is 11.4 Å². The van der Waals surface area contributed by atoms with E-state index >= 15 is 0 Å². The van der Waals surface area contributed by atoms with E-state index in [-0.39, 0.29) is 6.04 Å². The van der Waals surface area contributed by atoms with Gasteiger partial charge in [0.2, 0.25) is 0 Å². The minimum atomic E-state index is -1.33. The third-order valence-electron chi connectivity index (χ3n) is 4.94. The van der Waals surface area contributed by atoms with E-state index in [1.165, 1.54) is 11.8 Å². The molecule has 0 unspecified atom stereocenters. The van der Waals surface area contributed by atoms with E-state index in [9.17, 15) is 10.2 Å². The molecule has 1 aliphatic rings. The Balaban J connectivity index is 0.000000668. The predicted molar refractivity (Wildman–Crippen MR) is 120 cm³/mol. The van der Waals surface area contributed by atoms with Crippen molar-refractivity contribution in [3.05, 3.63) is 30.3 Å². The van der Waals surface area contributed by atoms with Crippen LogP contribution in [-0.4, -0.2) is 65.1 Å². The maximum absolute atomic E-state index is 10.3. The van der Waals surface area contributed by atoms with E-state index in [1.807, 2.05) is 30.3 Å². The number of rotatable bonds is 7. The number of nitrogens with two attached hydrogens (primary N) is 1. The van der Waals surface area contributed by atoms with Crippen LogP contribution in [0, 0.1) is 0 Å². The van der Waals surface area contributed by atoms with Gasteiger partial charge in [0.05, 0.1) is 12.1 Å². The van der Waals surface area contributed by atoms with Gasteiger partial charge >= 0.3 is 6.09 Å². The summed E-state index contributed by atoms with van der Waals surface area (Å²) in [5, 5.41) is 39.9. The number of primary amides is 1. The molecule has 1 fully saturated rings. The molecule has 12 heteroatoms. The first kappa shape index (κ1) is 23.7. The van der Waals surface area contributed by atoms with Crippen molar-refractivity contribution >= 4 is 34.8 Å². The van der Waals surface area contributed by atoms with E-state index in [0.717, 1.165) is 24.3 Å². The predicted octanol–water partition coefficient (Wildman–Crippen LogP) is 2.26. The van der Waals surface area contributed by atoms with E-state index < -0.39 is 18.3 Å². The zero-order valence-corrected chi connectivity index (χ0v) is 18.4. The lowest BCUT2D eigenvalue weighted by Crippen LogP contribution is -2.28. The highest BCUT2D eigenvalue weighted by Crippen LogP contribution is 2.34. The largest absolute Gasteiger partial charge is 0.465 e. The first-order valence-corrected chi connectivity index (χ1v) is 11.2. The van der Waals surface area contributed by atoms with Gasteiger partial charge in [-0.2, -0.15) is 0 Å². The molecular formula is C20H27N7O4S. The van der Waals surface area contributed by atoms with Crippen LogP contribution in [0.5, 0.6) is 0 Å². The molecule has 3 aromatic rings. The standard InChI is InChI=1S/C19H24N6O2S.CH3NO2/c1-2-3-11-20-17-15-18(22-19(21-17)28-12-7-5-4-6-8-12)25(24-23-15)13-9-10-14(26)16(13)27;2-1(3)4/h4-8,13-14,16,26-27H,2-3,9-11H2,1H3,(H,20,21,22);2H2,(H,3,4)/t13-,14-,16+;/m1./s1. The van der Waals surface area contributed by atoms with Crippen LogP contribution < -0.4 is 11.1 Å². The van der Waals surface area contributed by atoms with Crippen molar-refractivity contribution in [1.29, 1.82) is 0 Å². The molecule has 32 heavy (non-hydrogen) atoms. The van der Waals surface area contributed by atoms with Crippen molar-refractivity contribution in [2.24, 2.45) is 5.73 Å². The number of aliphatic hydroxyl groups excluding tert-OH is 2. The monoisotopic (exact) mass is 461 g/mol. The summed E-state index contributed by atoms with van der Waals surface area (Å²) in [6.07, 6.45) is 0.309. The molecule has 0 radical (unpaired) electrons. The highest BCUT2D eigenvalue weighted by Gasteiger charge is 2.37. The number of carbonyl (C=O) groups is 1. The van der Waals surface area contributed by atoms with Crippen molar-refractivity contribution in [1.82, 2.24) is 25.0 Å². The van der Waals surface area contributed by atoms with Gasteiger partial charge in [-0.25, -0.2) is 19.4 Å². The number of benzene rings is 1. The number of hydrogen-bond acceptors (Lipinski definition) is 9. The third kappa shape index (κ3) is 5.84. The highest BCUT2D eigenvalue weighted by molar-refractivity contribution is 7.99. The van der Waals surface area contributed by atoms with Gasteiger partial charge < -0.3 is 26.4 Å². The number of unbranched alkanes of at least 4 members (excludes halogenated alkanes) is 1. The van der Waals surface area contributed by atoms with Crippen LogP contribution in [0.2, 0.25) is 0 Å². The molecule has 6 N–H and O–H groups in total. The summed E-state index contributed by atoms with van der Waals surface area (Å²) in [5.41, 5.74) is 5.19. The van der Waals surface area contributed by atoms with E-state index in [4.69, 9.17) is 9.90 Å². The SMILES string of the molecule is CCCCNc1nc(Sc2ccccc2)nc2c1nnn2[C@@H]1CC[C@@H](O)[C@H]1O.NC(=O)O. The molecular weight excluding hydrogens is 434 g/mol. The van der Waals surface area contributed by atoms with Crippen molar-refractivity contribution in [2.75, 3.05) is 11.9 Å². The summed E-state index contributed by atoms with van der Waals surface area (Å²) in [6.45, 7) is 2.92. The molecule has 1 aromatic carbocycles. The smallest absolute Gasteiger partial charge is 0.402 e. The van der Waals surface area contributed by atoms with Gasteiger partial charge in [-0.3, -0.25) is 0 Å². The van der Waals surface area contributed by atoms with E-state index in [2.05, 4.69) is 38.3 Å². The molecule has 0 aliphatic heterocycles. The Hall–Kier alpha value is -2.96. The lowest BCUT2D eigenvalue weighted by Gasteiger charge is -2.16. The molecule has 0 spiro atoms. The zero-order valence-electron chi connectivity index (χ0n) is 17.6. The Morgan fingerprint density at radius 3 is 2.59 bits per heavy atom. The molecule has 3 atom stereocenters. The summed E-state index contributed by atoms with van der Waals surface area (Å²) in [4.78, 5) is 19.2. The molecule has 1 aliphatic carbocycles. The highest BCUT2D eigenvalue weighted by atomic mass is 32.2. The molecule has 2 aromatic heterocycles. The van der Waals surface area contributed by atoms with Crippen molar-refractivity contribution < 1.29 is 20.1 Å². The van der Waals surface area contributed by atoms with Crippen LogP contribution >= 0.6 is 11.8 Å². The van der Waals surface area contributed by atoms with Gasteiger partial charge in [0.1, 0.15) is 6.10 Å². The average molecular weight is 462 g/mol. The Labute approximate surface area is 189 Å². The number of hydrogen-bond donors (Lipinski definition) is 5. The summed E-state index contributed by atoms with van der Waals surface area (Å²) in [7, 11) is 0. The second-order valence-corrected chi connectivity index (χ2v) is 8.34. The van der Waals surface area contributed by atoms with E-state index in [1.54, 1.807) is 4.68 Å². The fourth-order valence-corrected chi connectivity index (χ4v) is 4.16. The number of fused-ring (bicyclic) bond motifs is 1. The maximum atomic E-state index is 10.3. The topological polar surface area (TPSA) is 172 Å². The maximum Gasteiger partial charge on any atom is 0.402 e. The molecule has 4 rings (SSSR count). The Morgan fingerprint density at radius 1 is 1.25 bits per heavy atom. The number of amides is 1. The Morgan fingerprint density at radius 2 is 1.97 bits per heavy atom. The molecule has 1 saturated carbocycles. The summed E-state index contributed by atoms with van der Waals surface area (Å²) < 4.78 is 1.64. The van der Waals surface area contributed by atoms with Crippen LogP contribution in [0.3, 0.4) is 0 Å². The van der Waals surface area contributed by atoms with Crippen molar-refractivity contribution in [2.45, 2.75) is 60.9 Å². The number of nitrogens with one attached hydrogen (secondary N) is 1. The summed E-state index contributed by atoms with van der Waals surface area (Å²) >= 11 is 1.47. The fourth-order valence-electron chi connectivity index (χ4n) is 3.39. The normalized spacial score (nSPS) is 20.0. The van der Waals surface area contributed by atoms with Crippen LogP contribution in [0.1, 0.15) is 38.6 Å². The number of nitrogens with zero attached hydrogens (tertiary/aromatic N) is 5. The van der Waals surface area contributed by atoms with Crippen LogP contribution in [0.15, 0.2) is 40.4 Å². The summed E-state index contributed by atoms with van der Waals surface area (Å²) in [6, 6.07) is 9.60. The lowest BCUT2D eigenvalue weighted by atomic mass is 10.2. The number of carboxylic acid groups (broad SMARTS) is 1. The summed E-state index contributed by atoms with van der Waals surface area (Å²) in [5.74, 6) is 0.649. The Bertz CT molecular complexity index is 1030. The number of anilines is 1. The molecule has 0 bridgehead atoms. The Kier molecular flexibility index (Phi) is 8.20. The van der Waals surface area contributed by atoms with Gasteiger partial charge in [0.15, 0.2) is 22.1 Å². The van der Waals surface area contributed by atoms with Crippen LogP contribution in [-0.2, 0) is 0 Å². The van der Waals surface area contributed by atoms with E-state index in [0.29, 0.717) is 35.0 Å². The van der Waals surface area contributed by atoms with Crippen LogP contribution in [0.4, 0.5) is 10.6 Å². The molecule has 11 nitrogen and oxygen atoms in total. The second kappa shape index (κ2) is 11.1. The number of aromatic nitrogens is 5. The molecule has 0 saturated heterocycles. The third-order valence-corrected chi connectivity index (χ3v) is 5.81. The quantitative estimate of drug-likeness (QED) is 0.259. The average Bonchev–Trinajstić information content (AvgIpc) is 3.32. The minimum Gasteiger partial charge on any atom is -0.465 e. The van der Waals surface area contributed by atoms with Gasteiger partial charge in [-0.05, 0) is 43.2 Å². The van der Waals surface area contributed by atoms with Gasteiger partial charge in [-0.1, -0.05) is 36.8 Å². The fraction of sp³-hybridized carbons (Fsp3) is 0.450. The molecule has 1 amide bonds. The molecule has 172 valence electrons. The van der Waals surface area contributed by atoms with Crippen LogP contribution in [0.25, 0.3) is 11.2 Å². The number of aliphatic hydroxyl groups is 2. The first-order valence-electron chi connectivity index (χ1n) is 10.3. The van der Waals surface area contributed by atoms with Crippen molar-refractivity contribution in [3.63, 3.8) is 0 Å².